The van der Waals surface area contributed by atoms with Gasteiger partial charge in [0.2, 0.25) is 0 Å². The number of thioether (sulfide) groups is 1. The first-order valence-electron chi connectivity index (χ1n) is 11.5. The minimum Gasteiger partial charge on any atom is -0.379 e. The largest absolute Gasteiger partial charge is 0.379 e. The van der Waals surface area contributed by atoms with Crippen molar-refractivity contribution in [2.45, 2.75) is 17.5 Å². The summed E-state index contributed by atoms with van der Waals surface area (Å²) in [5.74, 6) is 0.577. The summed E-state index contributed by atoms with van der Waals surface area (Å²) in [5.41, 5.74) is 5.11. The van der Waals surface area contributed by atoms with Crippen molar-refractivity contribution < 1.29 is 9.13 Å². The zero-order valence-corrected chi connectivity index (χ0v) is 19.8. The fourth-order valence-electron chi connectivity index (χ4n) is 4.15. The van der Waals surface area contributed by atoms with Gasteiger partial charge in [0.1, 0.15) is 5.82 Å². The Balaban J connectivity index is 1.55. The standard InChI is InChI=1S/C27H27FN4OS/c28-24-8-6-22(7-9-24)25-26(23-10-12-29-13-11-23)32(15-14-31-16-18-33-19-17-31)27(30-25)34-20-21-4-2-1-3-5-21/h1-13H,14-20H2. The summed E-state index contributed by atoms with van der Waals surface area (Å²) in [7, 11) is 0. The fraction of sp³-hybridized carbons (Fsp3) is 0.259. The van der Waals surface area contributed by atoms with Crippen LogP contribution in [0.25, 0.3) is 22.5 Å². The van der Waals surface area contributed by atoms with E-state index in [2.05, 4.69) is 38.7 Å². The van der Waals surface area contributed by atoms with Crippen molar-refractivity contribution in [3.05, 3.63) is 90.5 Å². The van der Waals surface area contributed by atoms with Crippen LogP contribution < -0.4 is 0 Å². The van der Waals surface area contributed by atoms with Gasteiger partial charge >= 0.3 is 0 Å². The molecule has 2 aromatic carbocycles. The molecule has 1 fully saturated rings. The third kappa shape index (κ3) is 5.38. The van der Waals surface area contributed by atoms with Crippen molar-refractivity contribution >= 4 is 11.8 Å². The van der Waals surface area contributed by atoms with Gasteiger partial charge in [0.25, 0.3) is 0 Å². The third-order valence-electron chi connectivity index (χ3n) is 5.96. The van der Waals surface area contributed by atoms with Crippen LogP contribution in [-0.4, -0.2) is 52.3 Å². The Labute approximate surface area is 203 Å². The third-order valence-corrected chi connectivity index (χ3v) is 7.01. The van der Waals surface area contributed by atoms with Gasteiger partial charge in [0, 0.05) is 55.5 Å². The van der Waals surface area contributed by atoms with Crippen LogP contribution >= 0.6 is 11.8 Å². The number of aromatic nitrogens is 3. The predicted molar refractivity (Wildman–Crippen MR) is 134 cm³/mol. The molecule has 4 aromatic rings. The Morgan fingerprint density at radius 1 is 0.853 bits per heavy atom. The molecule has 3 heterocycles. The Hall–Kier alpha value is -3.00. The zero-order chi connectivity index (χ0) is 23.2. The molecule has 1 saturated heterocycles. The van der Waals surface area contributed by atoms with Crippen molar-refractivity contribution in [2.75, 3.05) is 32.8 Å². The molecule has 0 unspecified atom stereocenters. The van der Waals surface area contributed by atoms with Gasteiger partial charge in [-0.3, -0.25) is 9.88 Å². The number of benzene rings is 2. The molecular weight excluding hydrogens is 447 g/mol. The minimum atomic E-state index is -0.250. The Morgan fingerprint density at radius 3 is 2.32 bits per heavy atom. The Morgan fingerprint density at radius 2 is 1.59 bits per heavy atom. The molecule has 0 atom stereocenters. The van der Waals surface area contributed by atoms with Crippen LogP contribution in [0, 0.1) is 5.82 Å². The van der Waals surface area contributed by atoms with E-state index in [4.69, 9.17) is 9.72 Å². The number of nitrogens with zero attached hydrogens (tertiary/aromatic N) is 4. The molecule has 0 saturated carbocycles. The fourth-order valence-corrected chi connectivity index (χ4v) is 5.13. The molecule has 2 aromatic heterocycles. The van der Waals surface area contributed by atoms with Gasteiger partial charge in [-0.25, -0.2) is 9.37 Å². The van der Waals surface area contributed by atoms with Crippen LogP contribution in [0.1, 0.15) is 5.56 Å². The quantitative estimate of drug-likeness (QED) is 0.321. The summed E-state index contributed by atoms with van der Waals surface area (Å²) >= 11 is 1.73. The van der Waals surface area contributed by atoms with Crippen molar-refractivity contribution in [1.29, 1.82) is 0 Å². The maximum atomic E-state index is 13.7. The highest BCUT2D eigenvalue weighted by Gasteiger charge is 2.22. The first-order chi connectivity index (χ1) is 16.8. The second kappa shape index (κ2) is 11.0. The van der Waals surface area contributed by atoms with Gasteiger partial charge < -0.3 is 9.30 Å². The second-order valence-electron chi connectivity index (χ2n) is 8.21. The molecule has 1 aliphatic rings. The number of halogens is 1. The molecular formula is C27H27FN4OS. The summed E-state index contributed by atoms with van der Waals surface area (Å²) in [6, 6.07) is 21.1. The summed E-state index contributed by atoms with van der Waals surface area (Å²) in [4.78, 5) is 11.7. The van der Waals surface area contributed by atoms with Crippen molar-refractivity contribution in [3.63, 3.8) is 0 Å². The zero-order valence-electron chi connectivity index (χ0n) is 18.9. The van der Waals surface area contributed by atoms with E-state index in [0.29, 0.717) is 0 Å². The van der Waals surface area contributed by atoms with Crippen molar-refractivity contribution in [3.8, 4) is 22.5 Å². The molecule has 0 aliphatic carbocycles. The van der Waals surface area contributed by atoms with Crippen LogP contribution in [-0.2, 0) is 17.0 Å². The number of imidazole rings is 1. The van der Waals surface area contributed by atoms with Gasteiger partial charge in [-0.1, -0.05) is 42.1 Å². The molecule has 174 valence electrons. The summed E-state index contributed by atoms with van der Waals surface area (Å²) in [5, 5.41) is 0.961. The van der Waals surface area contributed by atoms with E-state index < -0.39 is 0 Å². The number of morpholine rings is 1. The summed E-state index contributed by atoms with van der Waals surface area (Å²) in [6.45, 7) is 5.16. The normalized spacial score (nSPS) is 14.4. The van der Waals surface area contributed by atoms with Gasteiger partial charge in [0.15, 0.2) is 5.16 Å². The number of hydrogen-bond acceptors (Lipinski definition) is 5. The number of ether oxygens (including phenoxy) is 1. The highest BCUT2D eigenvalue weighted by molar-refractivity contribution is 7.98. The first-order valence-corrected chi connectivity index (χ1v) is 12.5. The lowest BCUT2D eigenvalue weighted by Crippen LogP contribution is -2.38. The second-order valence-corrected chi connectivity index (χ2v) is 9.16. The molecule has 1 aliphatic heterocycles. The van der Waals surface area contributed by atoms with Gasteiger partial charge in [-0.2, -0.15) is 0 Å². The Kier molecular flexibility index (Phi) is 7.34. The minimum absolute atomic E-state index is 0.250. The molecule has 0 spiro atoms. The SMILES string of the molecule is Fc1ccc(-c2nc(SCc3ccccc3)n(CCN3CCOCC3)c2-c2ccncc2)cc1. The van der Waals surface area contributed by atoms with Crippen LogP contribution in [0.15, 0.2) is 84.3 Å². The van der Waals surface area contributed by atoms with E-state index >= 15 is 0 Å². The molecule has 0 radical (unpaired) electrons. The molecule has 5 nitrogen and oxygen atoms in total. The molecule has 5 rings (SSSR count). The van der Waals surface area contributed by atoms with E-state index in [9.17, 15) is 4.39 Å². The average Bonchev–Trinajstić information content (AvgIpc) is 3.26. The van der Waals surface area contributed by atoms with E-state index in [1.54, 1.807) is 36.3 Å². The van der Waals surface area contributed by atoms with Crippen LogP contribution in [0.5, 0.6) is 0 Å². The van der Waals surface area contributed by atoms with Crippen molar-refractivity contribution in [2.24, 2.45) is 0 Å². The van der Waals surface area contributed by atoms with Gasteiger partial charge in [-0.15, -0.1) is 0 Å². The molecule has 7 heteroatoms. The van der Waals surface area contributed by atoms with Crippen LogP contribution in [0.4, 0.5) is 4.39 Å². The van der Waals surface area contributed by atoms with E-state index in [0.717, 1.165) is 72.8 Å². The predicted octanol–water partition coefficient (Wildman–Crippen LogP) is 5.38. The summed E-state index contributed by atoms with van der Waals surface area (Å²) < 4.78 is 21.5. The van der Waals surface area contributed by atoms with Crippen molar-refractivity contribution in [1.82, 2.24) is 19.4 Å². The molecule has 0 amide bonds. The van der Waals surface area contributed by atoms with Gasteiger partial charge in [0.05, 0.1) is 24.6 Å². The van der Waals surface area contributed by atoms with Crippen LogP contribution in [0.3, 0.4) is 0 Å². The highest BCUT2D eigenvalue weighted by Crippen LogP contribution is 2.36. The molecule has 34 heavy (non-hydrogen) atoms. The topological polar surface area (TPSA) is 43.2 Å². The maximum absolute atomic E-state index is 13.7. The number of pyridine rings is 1. The van der Waals surface area contributed by atoms with E-state index in [1.807, 2.05) is 18.2 Å². The van der Waals surface area contributed by atoms with E-state index in [-0.39, 0.29) is 5.82 Å². The lowest BCUT2D eigenvalue weighted by Gasteiger charge is -2.27. The number of hydrogen-bond donors (Lipinski definition) is 0. The molecule has 0 bridgehead atoms. The van der Waals surface area contributed by atoms with E-state index in [1.165, 1.54) is 17.7 Å². The molecule has 0 N–H and O–H groups in total. The lowest BCUT2D eigenvalue weighted by molar-refractivity contribution is 0.0362. The smallest absolute Gasteiger partial charge is 0.169 e. The maximum Gasteiger partial charge on any atom is 0.169 e. The summed E-state index contributed by atoms with van der Waals surface area (Å²) in [6.07, 6.45) is 3.61. The Bertz CT molecular complexity index is 1190. The average molecular weight is 475 g/mol. The first kappa shape index (κ1) is 22.8. The lowest BCUT2D eigenvalue weighted by atomic mass is 10.1. The number of rotatable bonds is 8. The monoisotopic (exact) mass is 474 g/mol. The van der Waals surface area contributed by atoms with Crippen LogP contribution in [0.2, 0.25) is 0 Å². The van der Waals surface area contributed by atoms with Gasteiger partial charge in [-0.05, 0) is 42.0 Å². The highest BCUT2D eigenvalue weighted by atomic mass is 32.2.